The fourth-order valence-electron chi connectivity index (χ4n) is 3.19. The van der Waals surface area contributed by atoms with Crippen LogP contribution in [0.2, 0.25) is 0 Å². The van der Waals surface area contributed by atoms with Gasteiger partial charge in [0.05, 0.1) is 0 Å². The van der Waals surface area contributed by atoms with Crippen LogP contribution in [0.4, 0.5) is 4.79 Å². The second-order valence-electron chi connectivity index (χ2n) is 6.52. The van der Waals surface area contributed by atoms with Crippen molar-refractivity contribution in [1.82, 2.24) is 20.4 Å². The minimum absolute atomic E-state index is 0.0478. The minimum atomic E-state index is -0.714. The number of carbonyl (C=O) groups excluding carboxylic acids is 2. The Balaban J connectivity index is 1.76. The summed E-state index contributed by atoms with van der Waals surface area (Å²) in [4.78, 5) is 30.4. The number of urea groups is 1. The highest BCUT2D eigenvalue weighted by atomic mass is 16.5. The molecule has 1 aliphatic carbocycles. The highest BCUT2D eigenvalue weighted by Gasteiger charge is 2.51. The lowest BCUT2D eigenvalue weighted by atomic mass is 9.90. The number of carbonyl (C=O) groups is 2. The van der Waals surface area contributed by atoms with E-state index in [4.69, 9.17) is 4.52 Å². The molecule has 1 saturated carbocycles. The van der Waals surface area contributed by atoms with Crippen LogP contribution in [0.3, 0.4) is 0 Å². The van der Waals surface area contributed by atoms with E-state index in [1.54, 1.807) is 0 Å². The van der Waals surface area contributed by atoms with Gasteiger partial charge in [-0.25, -0.2) is 4.79 Å². The average molecular weight is 306 g/mol. The molecule has 1 aliphatic heterocycles. The summed E-state index contributed by atoms with van der Waals surface area (Å²) in [6.07, 6.45) is 5.61. The first-order valence-electron chi connectivity index (χ1n) is 7.98. The fourth-order valence-corrected chi connectivity index (χ4v) is 3.19. The van der Waals surface area contributed by atoms with E-state index in [1.807, 2.05) is 13.8 Å². The molecule has 3 amide bonds. The van der Waals surface area contributed by atoms with Gasteiger partial charge in [0.2, 0.25) is 5.89 Å². The third kappa shape index (κ3) is 2.60. The number of nitrogens with zero attached hydrogens (tertiary/aromatic N) is 3. The van der Waals surface area contributed by atoms with Gasteiger partial charge in [-0.15, -0.1) is 0 Å². The first-order valence-corrected chi connectivity index (χ1v) is 7.98. The van der Waals surface area contributed by atoms with Crippen molar-refractivity contribution >= 4 is 11.9 Å². The van der Waals surface area contributed by atoms with Gasteiger partial charge in [0.15, 0.2) is 5.82 Å². The third-order valence-electron chi connectivity index (χ3n) is 4.50. The molecule has 120 valence electrons. The SMILES string of the molecule is CC(C)c1noc(CN2C(=O)NC3(CCCCCC3)C2=O)n1. The highest BCUT2D eigenvalue weighted by Crippen LogP contribution is 2.33. The van der Waals surface area contributed by atoms with E-state index < -0.39 is 5.54 Å². The summed E-state index contributed by atoms with van der Waals surface area (Å²) < 4.78 is 5.15. The van der Waals surface area contributed by atoms with Crippen molar-refractivity contribution in [2.24, 2.45) is 0 Å². The van der Waals surface area contributed by atoms with E-state index in [0.717, 1.165) is 38.5 Å². The molecule has 0 radical (unpaired) electrons. The van der Waals surface area contributed by atoms with E-state index in [0.29, 0.717) is 11.7 Å². The van der Waals surface area contributed by atoms with Crippen LogP contribution in [-0.2, 0) is 11.3 Å². The predicted octanol–water partition coefficient (Wildman–Crippen LogP) is 2.34. The molecule has 1 aromatic rings. The fraction of sp³-hybridized carbons (Fsp3) is 0.733. The first-order chi connectivity index (χ1) is 10.5. The number of rotatable bonds is 3. The molecule has 2 aliphatic rings. The molecule has 2 heterocycles. The zero-order valence-electron chi connectivity index (χ0n) is 13.1. The van der Waals surface area contributed by atoms with Crippen molar-refractivity contribution in [3.05, 3.63) is 11.7 Å². The number of imide groups is 1. The van der Waals surface area contributed by atoms with Crippen molar-refractivity contribution in [2.75, 3.05) is 0 Å². The van der Waals surface area contributed by atoms with Crippen LogP contribution in [0.25, 0.3) is 0 Å². The summed E-state index contributed by atoms with van der Waals surface area (Å²) in [5, 5.41) is 6.78. The van der Waals surface area contributed by atoms with Gasteiger partial charge in [0, 0.05) is 5.92 Å². The molecule has 2 fully saturated rings. The Labute approximate surface area is 129 Å². The van der Waals surface area contributed by atoms with Gasteiger partial charge >= 0.3 is 6.03 Å². The molecule has 0 aromatic carbocycles. The van der Waals surface area contributed by atoms with E-state index in [-0.39, 0.29) is 24.4 Å². The molecule has 7 nitrogen and oxygen atoms in total. The Morgan fingerprint density at radius 2 is 1.91 bits per heavy atom. The molecular formula is C15H22N4O3. The van der Waals surface area contributed by atoms with E-state index in [2.05, 4.69) is 15.5 Å². The monoisotopic (exact) mass is 306 g/mol. The van der Waals surface area contributed by atoms with Gasteiger partial charge in [0.1, 0.15) is 12.1 Å². The molecule has 3 rings (SSSR count). The lowest BCUT2D eigenvalue weighted by Gasteiger charge is -2.24. The lowest BCUT2D eigenvalue weighted by molar-refractivity contribution is -0.132. The number of aromatic nitrogens is 2. The van der Waals surface area contributed by atoms with Gasteiger partial charge in [-0.3, -0.25) is 9.69 Å². The van der Waals surface area contributed by atoms with E-state index in [9.17, 15) is 9.59 Å². The molecule has 0 unspecified atom stereocenters. The zero-order chi connectivity index (χ0) is 15.7. The molecule has 1 spiro atoms. The van der Waals surface area contributed by atoms with Gasteiger partial charge in [-0.2, -0.15) is 4.98 Å². The zero-order valence-corrected chi connectivity index (χ0v) is 13.1. The van der Waals surface area contributed by atoms with Crippen LogP contribution in [0, 0.1) is 0 Å². The Morgan fingerprint density at radius 3 is 2.50 bits per heavy atom. The molecule has 1 N–H and O–H groups in total. The maximum atomic E-state index is 12.7. The van der Waals surface area contributed by atoms with E-state index in [1.165, 1.54) is 4.90 Å². The van der Waals surface area contributed by atoms with Crippen LogP contribution in [0.15, 0.2) is 4.52 Å². The normalized spacial score (nSPS) is 21.5. The Hall–Kier alpha value is -1.92. The van der Waals surface area contributed by atoms with Crippen molar-refractivity contribution in [3.8, 4) is 0 Å². The van der Waals surface area contributed by atoms with Gasteiger partial charge in [-0.05, 0) is 12.8 Å². The predicted molar refractivity (Wildman–Crippen MR) is 77.9 cm³/mol. The molecule has 1 aromatic heterocycles. The standard InChI is InChI=1S/C15H22N4O3/c1-10(2)12-16-11(22-18-12)9-19-13(20)15(17-14(19)21)7-5-3-4-6-8-15/h10H,3-9H2,1-2H3,(H,17,21). The number of nitrogens with one attached hydrogen (secondary N) is 1. The largest absolute Gasteiger partial charge is 0.337 e. The molecular weight excluding hydrogens is 284 g/mol. The summed E-state index contributed by atoms with van der Waals surface area (Å²) >= 11 is 0. The third-order valence-corrected chi connectivity index (χ3v) is 4.50. The highest BCUT2D eigenvalue weighted by molar-refractivity contribution is 6.06. The van der Waals surface area contributed by atoms with Crippen LogP contribution in [0.5, 0.6) is 0 Å². The van der Waals surface area contributed by atoms with Crippen LogP contribution >= 0.6 is 0 Å². The van der Waals surface area contributed by atoms with Crippen molar-refractivity contribution in [3.63, 3.8) is 0 Å². The molecule has 0 bridgehead atoms. The van der Waals surface area contributed by atoms with Gasteiger partial charge in [0.25, 0.3) is 5.91 Å². The maximum Gasteiger partial charge on any atom is 0.325 e. The summed E-state index contributed by atoms with van der Waals surface area (Å²) in [7, 11) is 0. The molecule has 7 heteroatoms. The van der Waals surface area contributed by atoms with Crippen molar-refractivity contribution in [2.45, 2.75) is 70.4 Å². The van der Waals surface area contributed by atoms with Crippen LogP contribution < -0.4 is 5.32 Å². The first kappa shape index (κ1) is 15.0. The molecule has 1 saturated heterocycles. The molecule has 22 heavy (non-hydrogen) atoms. The molecule has 0 atom stereocenters. The number of hydrogen-bond acceptors (Lipinski definition) is 5. The Bertz CT molecular complexity index is 573. The number of hydrogen-bond donors (Lipinski definition) is 1. The van der Waals surface area contributed by atoms with Gasteiger partial charge in [-0.1, -0.05) is 44.7 Å². The van der Waals surface area contributed by atoms with Crippen molar-refractivity contribution in [1.29, 1.82) is 0 Å². The van der Waals surface area contributed by atoms with Crippen LogP contribution in [-0.4, -0.2) is 32.5 Å². The second kappa shape index (κ2) is 5.70. The van der Waals surface area contributed by atoms with E-state index >= 15 is 0 Å². The summed E-state index contributed by atoms with van der Waals surface area (Å²) in [5.41, 5.74) is -0.714. The van der Waals surface area contributed by atoms with Gasteiger partial charge < -0.3 is 9.84 Å². The summed E-state index contributed by atoms with van der Waals surface area (Å²) in [5.74, 6) is 0.890. The minimum Gasteiger partial charge on any atom is -0.337 e. The maximum absolute atomic E-state index is 12.7. The average Bonchev–Trinajstić information content (AvgIpc) is 2.93. The quantitative estimate of drug-likeness (QED) is 0.866. The Morgan fingerprint density at radius 1 is 1.23 bits per heavy atom. The van der Waals surface area contributed by atoms with Crippen LogP contribution in [0.1, 0.15) is 70.0 Å². The summed E-state index contributed by atoms with van der Waals surface area (Å²) in [6.45, 7) is 3.97. The van der Waals surface area contributed by atoms with Crippen molar-refractivity contribution < 1.29 is 14.1 Å². The summed E-state index contributed by atoms with van der Waals surface area (Å²) in [6, 6.07) is -0.351. The Kier molecular flexibility index (Phi) is 3.88. The smallest absolute Gasteiger partial charge is 0.325 e. The number of amides is 3. The second-order valence-corrected chi connectivity index (χ2v) is 6.52. The topological polar surface area (TPSA) is 88.3 Å². The lowest BCUT2D eigenvalue weighted by Crippen LogP contribution is -2.46.